The standard InChI is InChI=1S/C16H18N2O3/c19-15(18-14-7-3-5-12(14)16(20)21)8-10-9-17-13-6-2-1-4-11(10)13/h1-2,4,6,9,12,14,17H,3,5,7-8H2,(H,18,19)(H,20,21). The van der Waals surface area contributed by atoms with Gasteiger partial charge in [0, 0.05) is 23.1 Å². The van der Waals surface area contributed by atoms with Crippen LogP contribution in [0.25, 0.3) is 10.9 Å². The van der Waals surface area contributed by atoms with E-state index in [1.54, 1.807) is 0 Å². The molecule has 1 aromatic carbocycles. The Balaban J connectivity index is 1.68. The number of carboxylic acids is 1. The van der Waals surface area contributed by atoms with Gasteiger partial charge < -0.3 is 15.4 Å². The number of amides is 1. The second kappa shape index (κ2) is 5.60. The van der Waals surface area contributed by atoms with E-state index in [1.165, 1.54) is 0 Å². The number of fused-ring (bicyclic) bond motifs is 1. The predicted molar refractivity (Wildman–Crippen MR) is 78.9 cm³/mol. The summed E-state index contributed by atoms with van der Waals surface area (Å²) >= 11 is 0. The molecule has 1 aromatic heterocycles. The number of carbonyl (C=O) groups excluding carboxylic acids is 1. The van der Waals surface area contributed by atoms with Gasteiger partial charge in [-0.2, -0.15) is 0 Å². The topological polar surface area (TPSA) is 82.2 Å². The number of para-hydroxylation sites is 1. The quantitative estimate of drug-likeness (QED) is 0.804. The molecule has 5 heteroatoms. The Hall–Kier alpha value is -2.30. The van der Waals surface area contributed by atoms with Gasteiger partial charge in [-0.15, -0.1) is 0 Å². The van der Waals surface area contributed by atoms with E-state index in [4.69, 9.17) is 5.11 Å². The van der Waals surface area contributed by atoms with Gasteiger partial charge in [-0.05, 0) is 24.5 Å². The van der Waals surface area contributed by atoms with Crippen molar-refractivity contribution < 1.29 is 14.7 Å². The molecule has 1 fully saturated rings. The molecule has 2 unspecified atom stereocenters. The van der Waals surface area contributed by atoms with Crippen molar-refractivity contribution in [3.8, 4) is 0 Å². The first-order valence-electron chi connectivity index (χ1n) is 7.22. The summed E-state index contributed by atoms with van der Waals surface area (Å²) in [4.78, 5) is 26.4. The van der Waals surface area contributed by atoms with Gasteiger partial charge >= 0.3 is 5.97 Å². The molecular weight excluding hydrogens is 268 g/mol. The number of aliphatic carboxylic acids is 1. The number of aromatic amines is 1. The van der Waals surface area contributed by atoms with Crippen LogP contribution in [0.1, 0.15) is 24.8 Å². The number of hydrogen-bond acceptors (Lipinski definition) is 2. The Morgan fingerprint density at radius 1 is 1.29 bits per heavy atom. The molecule has 0 radical (unpaired) electrons. The first-order chi connectivity index (χ1) is 10.1. The van der Waals surface area contributed by atoms with E-state index >= 15 is 0 Å². The van der Waals surface area contributed by atoms with Crippen molar-refractivity contribution in [1.82, 2.24) is 10.3 Å². The number of benzene rings is 1. The summed E-state index contributed by atoms with van der Waals surface area (Å²) in [6, 6.07) is 7.59. The van der Waals surface area contributed by atoms with E-state index in [1.807, 2.05) is 30.5 Å². The van der Waals surface area contributed by atoms with Gasteiger partial charge in [0.05, 0.1) is 12.3 Å². The third-order valence-corrected chi connectivity index (χ3v) is 4.21. The Morgan fingerprint density at radius 3 is 2.90 bits per heavy atom. The van der Waals surface area contributed by atoms with Crippen LogP contribution in [0.15, 0.2) is 30.5 Å². The highest BCUT2D eigenvalue weighted by Gasteiger charge is 2.33. The molecule has 2 aromatic rings. The Bertz CT molecular complexity index is 677. The number of carboxylic acid groups (broad SMARTS) is 1. The number of carbonyl (C=O) groups is 2. The predicted octanol–water partition coefficient (Wildman–Crippen LogP) is 2.08. The molecule has 0 aliphatic heterocycles. The molecule has 3 N–H and O–H groups in total. The van der Waals surface area contributed by atoms with Crippen molar-refractivity contribution in [2.45, 2.75) is 31.7 Å². The molecule has 21 heavy (non-hydrogen) atoms. The van der Waals surface area contributed by atoms with E-state index < -0.39 is 11.9 Å². The van der Waals surface area contributed by atoms with Crippen LogP contribution < -0.4 is 5.32 Å². The molecule has 0 saturated heterocycles. The lowest BCUT2D eigenvalue weighted by atomic mass is 10.0. The Labute approximate surface area is 122 Å². The molecule has 1 amide bonds. The highest BCUT2D eigenvalue weighted by Crippen LogP contribution is 2.26. The maximum absolute atomic E-state index is 12.2. The molecule has 1 aliphatic rings. The summed E-state index contributed by atoms with van der Waals surface area (Å²) in [6.07, 6.45) is 4.36. The summed E-state index contributed by atoms with van der Waals surface area (Å²) in [7, 11) is 0. The first-order valence-corrected chi connectivity index (χ1v) is 7.22. The molecule has 1 heterocycles. The molecule has 0 bridgehead atoms. The van der Waals surface area contributed by atoms with Gasteiger partial charge in [0.15, 0.2) is 0 Å². The molecule has 3 rings (SSSR count). The lowest BCUT2D eigenvalue weighted by molar-refractivity contribution is -0.142. The van der Waals surface area contributed by atoms with Crippen LogP contribution in [0.3, 0.4) is 0 Å². The van der Waals surface area contributed by atoms with Crippen molar-refractivity contribution in [3.63, 3.8) is 0 Å². The van der Waals surface area contributed by atoms with Crippen LogP contribution in [0.5, 0.6) is 0 Å². The highest BCUT2D eigenvalue weighted by atomic mass is 16.4. The molecule has 0 spiro atoms. The maximum atomic E-state index is 12.2. The maximum Gasteiger partial charge on any atom is 0.308 e. The minimum Gasteiger partial charge on any atom is -0.481 e. The number of nitrogens with one attached hydrogen (secondary N) is 2. The Morgan fingerprint density at radius 2 is 2.10 bits per heavy atom. The average molecular weight is 286 g/mol. The third-order valence-electron chi connectivity index (χ3n) is 4.21. The number of hydrogen-bond donors (Lipinski definition) is 3. The van der Waals surface area contributed by atoms with Crippen molar-refractivity contribution >= 4 is 22.8 Å². The van der Waals surface area contributed by atoms with Gasteiger partial charge in [-0.3, -0.25) is 9.59 Å². The lowest BCUT2D eigenvalue weighted by Gasteiger charge is -2.17. The lowest BCUT2D eigenvalue weighted by Crippen LogP contribution is -2.40. The van der Waals surface area contributed by atoms with Crippen LogP contribution in [-0.2, 0) is 16.0 Å². The van der Waals surface area contributed by atoms with E-state index in [0.717, 1.165) is 29.3 Å². The fourth-order valence-electron chi connectivity index (χ4n) is 3.14. The summed E-state index contributed by atoms with van der Waals surface area (Å²) in [5, 5.41) is 13.1. The van der Waals surface area contributed by atoms with Gasteiger partial charge in [0.2, 0.25) is 5.91 Å². The normalized spacial score (nSPS) is 21.5. The summed E-state index contributed by atoms with van der Waals surface area (Å²) < 4.78 is 0. The van der Waals surface area contributed by atoms with Gasteiger partial charge in [0.25, 0.3) is 0 Å². The van der Waals surface area contributed by atoms with Crippen molar-refractivity contribution in [3.05, 3.63) is 36.0 Å². The van der Waals surface area contributed by atoms with Gasteiger partial charge in [-0.1, -0.05) is 24.6 Å². The molecule has 5 nitrogen and oxygen atoms in total. The van der Waals surface area contributed by atoms with E-state index in [0.29, 0.717) is 6.42 Å². The first kappa shape index (κ1) is 13.7. The van der Waals surface area contributed by atoms with E-state index in [-0.39, 0.29) is 18.4 Å². The molecule has 1 aliphatic carbocycles. The third kappa shape index (κ3) is 2.77. The van der Waals surface area contributed by atoms with Gasteiger partial charge in [0.1, 0.15) is 0 Å². The fraction of sp³-hybridized carbons (Fsp3) is 0.375. The van der Waals surface area contributed by atoms with Crippen molar-refractivity contribution in [1.29, 1.82) is 0 Å². The molecule has 1 saturated carbocycles. The van der Waals surface area contributed by atoms with Crippen LogP contribution >= 0.6 is 0 Å². The van der Waals surface area contributed by atoms with Crippen LogP contribution in [0.2, 0.25) is 0 Å². The van der Waals surface area contributed by atoms with Crippen LogP contribution in [0.4, 0.5) is 0 Å². The van der Waals surface area contributed by atoms with Crippen LogP contribution in [-0.4, -0.2) is 28.0 Å². The van der Waals surface area contributed by atoms with E-state index in [9.17, 15) is 9.59 Å². The SMILES string of the molecule is O=C(Cc1c[nH]c2ccccc12)NC1CCCC1C(=O)O. The summed E-state index contributed by atoms with van der Waals surface area (Å²) in [5.74, 6) is -1.38. The highest BCUT2D eigenvalue weighted by molar-refractivity contribution is 5.89. The number of H-pyrrole nitrogens is 1. The monoisotopic (exact) mass is 286 g/mol. The second-order valence-electron chi connectivity index (χ2n) is 5.59. The summed E-state index contributed by atoms with van der Waals surface area (Å²) in [6.45, 7) is 0. The zero-order valence-electron chi connectivity index (χ0n) is 11.6. The summed E-state index contributed by atoms with van der Waals surface area (Å²) in [5.41, 5.74) is 1.94. The molecule has 2 atom stereocenters. The zero-order chi connectivity index (χ0) is 14.8. The molecule has 110 valence electrons. The smallest absolute Gasteiger partial charge is 0.308 e. The van der Waals surface area contributed by atoms with E-state index in [2.05, 4.69) is 10.3 Å². The van der Waals surface area contributed by atoms with Gasteiger partial charge in [-0.25, -0.2) is 0 Å². The zero-order valence-corrected chi connectivity index (χ0v) is 11.6. The minimum atomic E-state index is -0.815. The number of aromatic nitrogens is 1. The minimum absolute atomic E-state index is 0.113. The van der Waals surface area contributed by atoms with Crippen LogP contribution in [0, 0.1) is 5.92 Å². The average Bonchev–Trinajstić information content (AvgIpc) is 3.06. The van der Waals surface area contributed by atoms with Crippen molar-refractivity contribution in [2.75, 3.05) is 0 Å². The largest absolute Gasteiger partial charge is 0.481 e. The fourth-order valence-corrected chi connectivity index (χ4v) is 3.14. The second-order valence-corrected chi connectivity index (χ2v) is 5.59. The molecular formula is C16H18N2O3. The number of rotatable bonds is 4. The Kier molecular flexibility index (Phi) is 3.64. The van der Waals surface area contributed by atoms with Crippen molar-refractivity contribution in [2.24, 2.45) is 5.92 Å².